The van der Waals surface area contributed by atoms with Crippen LogP contribution in [0, 0.1) is 11.3 Å². The van der Waals surface area contributed by atoms with Crippen molar-refractivity contribution in [2.75, 3.05) is 5.75 Å². The number of amides is 1. The molecule has 2 aromatic rings. The number of rotatable bonds is 7. The SMILES string of the molecule is N#Cc1ccc(C(=O)N[C@@H](CC[S@@](=O)c2ccccc2)C(=O)O)cc1. The fourth-order valence-corrected chi connectivity index (χ4v) is 3.26. The van der Waals surface area contributed by atoms with E-state index >= 15 is 0 Å². The van der Waals surface area contributed by atoms with Crippen LogP contribution in [0.3, 0.4) is 0 Å². The Hall–Kier alpha value is -2.98. The Morgan fingerprint density at radius 3 is 2.32 bits per heavy atom. The fraction of sp³-hybridized carbons (Fsp3) is 0.167. The van der Waals surface area contributed by atoms with Gasteiger partial charge in [0.25, 0.3) is 5.91 Å². The summed E-state index contributed by atoms with van der Waals surface area (Å²) in [7, 11) is -1.33. The van der Waals surface area contributed by atoms with Gasteiger partial charge in [0.15, 0.2) is 0 Å². The van der Waals surface area contributed by atoms with E-state index < -0.39 is 28.7 Å². The zero-order chi connectivity index (χ0) is 18.2. The van der Waals surface area contributed by atoms with Crippen molar-refractivity contribution in [2.45, 2.75) is 17.4 Å². The van der Waals surface area contributed by atoms with Crippen LogP contribution >= 0.6 is 0 Å². The minimum atomic E-state index is -1.33. The molecule has 0 heterocycles. The molecule has 0 aromatic heterocycles. The van der Waals surface area contributed by atoms with Crippen LogP contribution in [-0.2, 0) is 15.6 Å². The number of carbonyl (C=O) groups excluding carboxylic acids is 1. The highest BCUT2D eigenvalue weighted by Crippen LogP contribution is 2.09. The molecule has 0 unspecified atom stereocenters. The molecule has 25 heavy (non-hydrogen) atoms. The summed E-state index contributed by atoms with van der Waals surface area (Å²) in [6.07, 6.45) is 0.0405. The van der Waals surface area contributed by atoms with Gasteiger partial charge < -0.3 is 10.4 Å². The van der Waals surface area contributed by atoms with Crippen LogP contribution in [0.5, 0.6) is 0 Å². The first-order valence-corrected chi connectivity index (χ1v) is 8.80. The zero-order valence-electron chi connectivity index (χ0n) is 13.2. The molecule has 0 aliphatic rings. The van der Waals surface area contributed by atoms with Crippen molar-refractivity contribution in [3.8, 4) is 6.07 Å². The quantitative estimate of drug-likeness (QED) is 0.788. The maximum Gasteiger partial charge on any atom is 0.326 e. The van der Waals surface area contributed by atoms with Gasteiger partial charge in [0, 0.05) is 16.2 Å². The molecule has 0 bridgehead atoms. The van der Waals surface area contributed by atoms with Gasteiger partial charge in [0.05, 0.1) is 22.4 Å². The number of aliphatic carboxylic acids is 1. The number of nitrogens with zero attached hydrogens (tertiary/aromatic N) is 1. The number of benzene rings is 2. The van der Waals surface area contributed by atoms with Gasteiger partial charge >= 0.3 is 5.97 Å². The van der Waals surface area contributed by atoms with Crippen LogP contribution in [-0.4, -0.2) is 33.0 Å². The molecule has 0 aliphatic carbocycles. The van der Waals surface area contributed by atoms with Crippen LogP contribution in [0.2, 0.25) is 0 Å². The van der Waals surface area contributed by atoms with Crippen LogP contribution in [0.25, 0.3) is 0 Å². The Labute approximate surface area is 147 Å². The van der Waals surface area contributed by atoms with E-state index in [2.05, 4.69) is 5.32 Å². The molecule has 7 heteroatoms. The highest BCUT2D eigenvalue weighted by Gasteiger charge is 2.21. The molecule has 0 saturated carbocycles. The maximum atomic E-state index is 12.2. The average molecular weight is 356 g/mol. The van der Waals surface area contributed by atoms with Gasteiger partial charge in [-0.3, -0.25) is 9.00 Å². The van der Waals surface area contributed by atoms with E-state index in [0.717, 1.165) is 0 Å². The lowest BCUT2D eigenvalue weighted by Crippen LogP contribution is -2.41. The Kier molecular flexibility index (Phi) is 6.43. The predicted molar refractivity (Wildman–Crippen MR) is 92.4 cm³/mol. The normalized spacial score (nSPS) is 12.6. The number of carbonyl (C=O) groups is 2. The third-order valence-electron chi connectivity index (χ3n) is 3.48. The van der Waals surface area contributed by atoms with Gasteiger partial charge in [-0.1, -0.05) is 18.2 Å². The second kappa shape index (κ2) is 8.76. The molecule has 0 radical (unpaired) electrons. The summed E-state index contributed by atoms with van der Waals surface area (Å²) in [5.74, 6) is -1.62. The van der Waals surface area contributed by atoms with Crippen molar-refractivity contribution in [2.24, 2.45) is 0 Å². The van der Waals surface area contributed by atoms with E-state index in [4.69, 9.17) is 5.26 Å². The van der Waals surface area contributed by atoms with Crippen molar-refractivity contribution in [3.63, 3.8) is 0 Å². The summed E-state index contributed by atoms with van der Waals surface area (Å²) >= 11 is 0. The standard InChI is InChI=1S/C18H16N2O4S/c19-12-13-6-8-14(9-7-13)17(21)20-16(18(22)23)10-11-25(24)15-4-2-1-3-5-15/h1-9,16H,10-11H2,(H,20,21)(H,22,23)/t16-,25+/m0/s1. The summed E-state index contributed by atoms with van der Waals surface area (Å²) in [6.45, 7) is 0. The van der Waals surface area contributed by atoms with Gasteiger partial charge in [-0.15, -0.1) is 0 Å². The third kappa shape index (κ3) is 5.26. The summed E-state index contributed by atoms with van der Waals surface area (Å²) in [4.78, 5) is 24.1. The maximum absolute atomic E-state index is 12.2. The van der Waals surface area contributed by atoms with E-state index in [9.17, 15) is 18.9 Å². The zero-order valence-corrected chi connectivity index (χ0v) is 14.0. The van der Waals surface area contributed by atoms with E-state index in [-0.39, 0.29) is 17.7 Å². The van der Waals surface area contributed by atoms with Crippen LogP contribution in [0.15, 0.2) is 59.5 Å². The van der Waals surface area contributed by atoms with Crippen molar-refractivity contribution in [3.05, 3.63) is 65.7 Å². The second-order valence-corrected chi connectivity index (χ2v) is 6.78. The molecule has 6 nitrogen and oxygen atoms in total. The van der Waals surface area contributed by atoms with Gasteiger partial charge in [0.2, 0.25) is 0 Å². The van der Waals surface area contributed by atoms with Crippen LogP contribution in [0.4, 0.5) is 0 Å². The second-order valence-electron chi connectivity index (χ2n) is 5.20. The van der Waals surface area contributed by atoms with Crippen molar-refractivity contribution < 1.29 is 18.9 Å². The summed E-state index contributed by atoms with van der Waals surface area (Å²) in [5.41, 5.74) is 0.666. The van der Waals surface area contributed by atoms with E-state index in [1.165, 1.54) is 24.3 Å². The van der Waals surface area contributed by atoms with Crippen molar-refractivity contribution >= 4 is 22.7 Å². The van der Waals surface area contributed by atoms with Gasteiger partial charge in [-0.25, -0.2) is 4.79 Å². The molecule has 2 atom stereocenters. The molecular weight excluding hydrogens is 340 g/mol. The number of hydrogen-bond donors (Lipinski definition) is 2. The molecule has 1 amide bonds. The lowest BCUT2D eigenvalue weighted by atomic mass is 10.1. The number of nitrogens with one attached hydrogen (secondary N) is 1. The Balaban J connectivity index is 1.98. The monoisotopic (exact) mass is 356 g/mol. The van der Waals surface area contributed by atoms with E-state index in [1.807, 2.05) is 6.07 Å². The molecular formula is C18H16N2O4S. The molecule has 2 N–H and O–H groups in total. The smallest absolute Gasteiger partial charge is 0.326 e. The molecule has 128 valence electrons. The summed E-state index contributed by atoms with van der Waals surface area (Å²) in [5, 5.41) is 20.4. The highest BCUT2D eigenvalue weighted by atomic mass is 32.2. The average Bonchev–Trinajstić information content (AvgIpc) is 2.65. The predicted octanol–water partition coefficient (Wildman–Crippen LogP) is 1.94. The topological polar surface area (TPSA) is 107 Å². The molecule has 0 spiro atoms. The largest absolute Gasteiger partial charge is 0.480 e. The minimum absolute atomic E-state index is 0.0405. The van der Waals surface area contributed by atoms with Crippen LogP contribution in [0.1, 0.15) is 22.3 Å². The van der Waals surface area contributed by atoms with E-state index in [1.54, 1.807) is 30.3 Å². The molecule has 0 fully saturated rings. The van der Waals surface area contributed by atoms with Crippen molar-refractivity contribution in [1.29, 1.82) is 5.26 Å². The number of hydrogen-bond acceptors (Lipinski definition) is 4. The highest BCUT2D eigenvalue weighted by molar-refractivity contribution is 7.85. The lowest BCUT2D eigenvalue weighted by molar-refractivity contribution is -0.139. The first-order valence-electron chi connectivity index (χ1n) is 7.48. The first-order chi connectivity index (χ1) is 12.0. The Bertz CT molecular complexity index is 813. The third-order valence-corrected chi connectivity index (χ3v) is 4.88. The van der Waals surface area contributed by atoms with Crippen molar-refractivity contribution in [1.82, 2.24) is 5.32 Å². The van der Waals surface area contributed by atoms with E-state index in [0.29, 0.717) is 10.5 Å². The lowest BCUT2D eigenvalue weighted by Gasteiger charge is -2.14. The number of nitriles is 1. The first kappa shape index (κ1) is 18.4. The van der Waals surface area contributed by atoms with Gasteiger partial charge in [-0.05, 0) is 42.8 Å². The summed E-state index contributed by atoms with van der Waals surface area (Å²) in [6, 6.07) is 15.4. The number of carboxylic acid groups (broad SMARTS) is 1. The number of carboxylic acids is 1. The minimum Gasteiger partial charge on any atom is -0.480 e. The molecule has 2 aromatic carbocycles. The Morgan fingerprint density at radius 2 is 1.76 bits per heavy atom. The fourth-order valence-electron chi connectivity index (χ4n) is 2.11. The molecule has 2 rings (SSSR count). The van der Waals surface area contributed by atoms with Gasteiger partial charge in [0.1, 0.15) is 6.04 Å². The molecule has 0 aliphatic heterocycles. The van der Waals surface area contributed by atoms with Crippen LogP contribution < -0.4 is 5.32 Å². The summed E-state index contributed by atoms with van der Waals surface area (Å²) < 4.78 is 12.2. The Morgan fingerprint density at radius 1 is 1.12 bits per heavy atom. The molecule has 0 saturated heterocycles. The van der Waals surface area contributed by atoms with Gasteiger partial charge in [-0.2, -0.15) is 5.26 Å².